The number of hydrogen-bond donors (Lipinski definition) is 1. The highest BCUT2D eigenvalue weighted by molar-refractivity contribution is 5.92. The number of benzene rings is 1. The van der Waals surface area contributed by atoms with Crippen LogP contribution in [0.15, 0.2) is 24.3 Å². The molecular weight excluding hydrogens is 302 g/mol. The highest BCUT2D eigenvalue weighted by Gasteiger charge is 2.26. The molecule has 1 fully saturated rings. The number of rotatable bonds is 6. The Balaban J connectivity index is 1.81. The van der Waals surface area contributed by atoms with Crippen molar-refractivity contribution in [3.8, 4) is 0 Å². The van der Waals surface area contributed by atoms with E-state index in [9.17, 15) is 9.59 Å². The highest BCUT2D eigenvalue weighted by atomic mass is 16.2. The molecule has 1 aromatic rings. The van der Waals surface area contributed by atoms with E-state index in [1.165, 1.54) is 6.42 Å². The van der Waals surface area contributed by atoms with Crippen molar-refractivity contribution in [1.29, 1.82) is 0 Å². The van der Waals surface area contributed by atoms with Crippen molar-refractivity contribution in [3.05, 3.63) is 29.8 Å². The Labute approximate surface area is 145 Å². The quantitative estimate of drug-likeness (QED) is 0.872. The van der Waals surface area contributed by atoms with Gasteiger partial charge in [-0.15, -0.1) is 0 Å². The lowest BCUT2D eigenvalue weighted by Gasteiger charge is -2.36. The maximum Gasteiger partial charge on any atom is 0.238 e. The summed E-state index contributed by atoms with van der Waals surface area (Å²) in [5.74, 6) is 0.0343. The lowest BCUT2D eigenvalue weighted by Crippen LogP contribution is -2.48. The summed E-state index contributed by atoms with van der Waals surface area (Å²) in [6, 6.07) is 8.06. The van der Waals surface area contributed by atoms with Gasteiger partial charge in [0.05, 0.1) is 13.1 Å². The average molecular weight is 331 g/mol. The lowest BCUT2D eigenvalue weighted by molar-refractivity contribution is -0.136. The molecule has 2 rings (SSSR count). The monoisotopic (exact) mass is 331 g/mol. The normalized spacial score (nSPS) is 17.8. The van der Waals surface area contributed by atoms with Crippen molar-refractivity contribution in [2.24, 2.45) is 0 Å². The third-order valence-electron chi connectivity index (χ3n) is 4.57. The highest BCUT2D eigenvalue weighted by Crippen LogP contribution is 2.19. The fourth-order valence-corrected chi connectivity index (χ4v) is 3.21. The number of carbonyl (C=O) groups excluding carboxylic acids is 2. The molecule has 1 aromatic carbocycles. The lowest BCUT2D eigenvalue weighted by atomic mass is 10.00. The summed E-state index contributed by atoms with van der Waals surface area (Å²) in [6.45, 7) is 5.49. The molecule has 0 saturated carbocycles. The van der Waals surface area contributed by atoms with Crippen molar-refractivity contribution < 1.29 is 9.59 Å². The number of anilines is 1. The Hall–Kier alpha value is -1.88. The summed E-state index contributed by atoms with van der Waals surface area (Å²) >= 11 is 0. The van der Waals surface area contributed by atoms with Crippen LogP contribution in [0, 0.1) is 6.92 Å². The zero-order valence-electron chi connectivity index (χ0n) is 15.0. The predicted octanol–water partition coefficient (Wildman–Crippen LogP) is 2.66. The minimum atomic E-state index is -0.0974. The summed E-state index contributed by atoms with van der Waals surface area (Å²) in [4.78, 5) is 28.4. The maximum absolute atomic E-state index is 12.5. The second-order valence-corrected chi connectivity index (χ2v) is 6.73. The summed E-state index contributed by atoms with van der Waals surface area (Å²) in [5.41, 5.74) is 1.94. The van der Waals surface area contributed by atoms with E-state index in [0.29, 0.717) is 6.04 Å². The van der Waals surface area contributed by atoms with Crippen LogP contribution < -0.4 is 5.32 Å². The first kappa shape index (κ1) is 18.5. The van der Waals surface area contributed by atoms with Crippen molar-refractivity contribution in [3.63, 3.8) is 0 Å². The fourth-order valence-electron chi connectivity index (χ4n) is 3.21. The van der Waals surface area contributed by atoms with Crippen molar-refractivity contribution in [1.82, 2.24) is 9.80 Å². The summed E-state index contributed by atoms with van der Waals surface area (Å²) in [6.07, 6.45) is 4.39. The van der Waals surface area contributed by atoms with Crippen molar-refractivity contribution in [2.75, 3.05) is 32.0 Å². The Morgan fingerprint density at radius 2 is 1.92 bits per heavy atom. The van der Waals surface area contributed by atoms with E-state index in [-0.39, 0.29) is 24.9 Å². The average Bonchev–Trinajstić information content (AvgIpc) is 2.56. The van der Waals surface area contributed by atoms with Crippen LogP contribution in [0.25, 0.3) is 0 Å². The number of nitrogens with one attached hydrogen (secondary N) is 1. The number of hydrogen-bond acceptors (Lipinski definition) is 3. The Bertz CT molecular complexity index is 556. The number of nitrogens with zero attached hydrogens (tertiary/aromatic N) is 2. The standard InChI is InChI=1S/C19H29N3O2/c1-4-17-7-5-6-12-22(17)19(24)14-21(3)13-18(23)20-16-10-8-15(2)9-11-16/h8-11,17H,4-7,12-14H2,1-3H3,(H,20,23)/t17-/m0/s1. The zero-order chi connectivity index (χ0) is 17.5. The first-order valence-electron chi connectivity index (χ1n) is 8.84. The summed E-state index contributed by atoms with van der Waals surface area (Å²) in [5, 5.41) is 2.87. The van der Waals surface area contributed by atoms with Crippen molar-refractivity contribution >= 4 is 17.5 Å². The van der Waals surface area contributed by atoms with Crippen molar-refractivity contribution in [2.45, 2.75) is 45.6 Å². The topological polar surface area (TPSA) is 52.7 Å². The van der Waals surface area contributed by atoms with Gasteiger partial charge in [0.15, 0.2) is 0 Å². The van der Waals surface area contributed by atoms with Crippen LogP contribution in [0.3, 0.4) is 0 Å². The SMILES string of the molecule is CC[C@H]1CCCCN1C(=O)CN(C)CC(=O)Nc1ccc(C)cc1. The first-order valence-corrected chi connectivity index (χ1v) is 8.84. The molecule has 5 nitrogen and oxygen atoms in total. The Morgan fingerprint density at radius 1 is 1.21 bits per heavy atom. The van der Waals surface area contributed by atoms with Crippen LogP contribution in [0.5, 0.6) is 0 Å². The first-order chi connectivity index (χ1) is 11.5. The molecule has 1 aliphatic rings. The molecule has 1 atom stereocenters. The van der Waals surface area contributed by atoms with E-state index >= 15 is 0 Å². The van der Waals surface area contributed by atoms with Gasteiger partial charge in [0.2, 0.25) is 11.8 Å². The molecule has 0 aliphatic carbocycles. The molecule has 24 heavy (non-hydrogen) atoms. The van der Waals surface area contributed by atoms with Gasteiger partial charge in [-0.2, -0.15) is 0 Å². The van der Waals surface area contributed by atoms with Gasteiger partial charge in [-0.3, -0.25) is 14.5 Å². The molecule has 2 amide bonds. The maximum atomic E-state index is 12.5. The van der Waals surface area contributed by atoms with E-state index < -0.39 is 0 Å². The molecule has 0 bridgehead atoms. The fraction of sp³-hybridized carbons (Fsp3) is 0.579. The third kappa shape index (κ3) is 5.34. The zero-order valence-corrected chi connectivity index (χ0v) is 15.0. The molecule has 1 aliphatic heterocycles. The number of carbonyl (C=O) groups is 2. The predicted molar refractivity (Wildman–Crippen MR) is 96.9 cm³/mol. The molecule has 0 unspecified atom stereocenters. The van der Waals surface area contributed by atoms with Gasteiger partial charge in [0.25, 0.3) is 0 Å². The van der Waals surface area contributed by atoms with Gasteiger partial charge in [-0.1, -0.05) is 24.6 Å². The van der Waals surface area contributed by atoms with Gasteiger partial charge in [-0.05, 0) is 51.8 Å². The molecule has 1 heterocycles. The van der Waals surface area contributed by atoms with Gasteiger partial charge < -0.3 is 10.2 Å². The minimum Gasteiger partial charge on any atom is -0.339 e. The summed E-state index contributed by atoms with van der Waals surface area (Å²) in [7, 11) is 1.82. The molecule has 1 N–H and O–H groups in total. The minimum absolute atomic E-state index is 0.0974. The molecule has 132 valence electrons. The molecule has 1 saturated heterocycles. The molecule has 0 aromatic heterocycles. The molecular formula is C19H29N3O2. The van der Waals surface area contributed by atoms with Crippen LogP contribution in [0.2, 0.25) is 0 Å². The van der Waals surface area contributed by atoms with Gasteiger partial charge >= 0.3 is 0 Å². The van der Waals surface area contributed by atoms with Crippen LogP contribution in [-0.2, 0) is 9.59 Å². The van der Waals surface area contributed by atoms with E-state index in [4.69, 9.17) is 0 Å². The van der Waals surface area contributed by atoms with E-state index in [0.717, 1.165) is 37.1 Å². The molecule has 5 heteroatoms. The van der Waals surface area contributed by atoms with Gasteiger partial charge in [0, 0.05) is 18.3 Å². The van der Waals surface area contributed by atoms with Gasteiger partial charge in [-0.25, -0.2) is 0 Å². The van der Waals surface area contributed by atoms with E-state index in [2.05, 4.69) is 12.2 Å². The van der Waals surface area contributed by atoms with Gasteiger partial charge in [0.1, 0.15) is 0 Å². The molecule has 0 radical (unpaired) electrons. The van der Waals surface area contributed by atoms with E-state index in [1.807, 2.05) is 43.1 Å². The molecule has 0 spiro atoms. The van der Waals surface area contributed by atoms with E-state index in [1.54, 1.807) is 4.90 Å². The second-order valence-electron chi connectivity index (χ2n) is 6.73. The number of likely N-dealkylation sites (N-methyl/N-ethyl adjacent to an activating group) is 1. The van der Waals surface area contributed by atoms with Crippen LogP contribution in [0.4, 0.5) is 5.69 Å². The number of aryl methyl sites for hydroxylation is 1. The van der Waals surface area contributed by atoms with Crippen LogP contribution in [0.1, 0.15) is 38.2 Å². The third-order valence-corrected chi connectivity index (χ3v) is 4.57. The smallest absolute Gasteiger partial charge is 0.238 e. The van der Waals surface area contributed by atoms with Crippen LogP contribution in [-0.4, -0.2) is 54.3 Å². The Morgan fingerprint density at radius 3 is 2.58 bits per heavy atom. The second kappa shape index (κ2) is 8.83. The largest absolute Gasteiger partial charge is 0.339 e. The number of likely N-dealkylation sites (tertiary alicyclic amines) is 1. The number of amides is 2. The van der Waals surface area contributed by atoms with Crippen LogP contribution >= 0.6 is 0 Å². The Kier molecular flexibility index (Phi) is 6.79. The number of piperidine rings is 1. The summed E-state index contributed by atoms with van der Waals surface area (Å²) < 4.78 is 0.